The highest BCUT2D eigenvalue weighted by Crippen LogP contribution is 2.27. The summed E-state index contributed by atoms with van der Waals surface area (Å²) in [7, 11) is 0. The van der Waals surface area contributed by atoms with Gasteiger partial charge >= 0.3 is 0 Å². The SMILES string of the molecule is N#CCCCN1CCC(=NO)c2ccccc21. The van der Waals surface area contributed by atoms with E-state index in [0.717, 1.165) is 42.9 Å². The van der Waals surface area contributed by atoms with Crippen molar-refractivity contribution in [2.24, 2.45) is 5.16 Å². The number of hydrogen-bond acceptors (Lipinski definition) is 4. The molecule has 1 aromatic rings. The molecule has 0 amide bonds. The van der Waals surface area contributed by atoms with Gasteiger partial charge in [-0.15, -0.1) is 0 Å². The van der Waals surface area contributed by atoms with E-state index in [0.29, 0.717) is 6.42 Å². The average Bonchev–Trinajstić information content (AvgIpc) is 2.39. The van der Waals surface area contributed by atoms with Crippen molar-refractivity contribution in [1.29, 1.82) is 5.26 Å². The Morgan fingerprint density at radius 1 is 1.41 bits per heavy atom. The van der Waals surface area contributed by atoms with Gasteiger partial charge in [0.25, 0.3) is 0 Å². The van der Waals surface area contributed by atoms with Gasteiger partial charge in [0, 0.05) is 37.2 Å². The number of unbranched alkanes of at least 4 members (excludes halogenated alkanes) is 1. The van der Waals surface area contributed by atoms with Crippen LogP contribution in [0.3, 0.4) is 0 Å². The van der Waals surface area contributed by atoms with Gasteiger partial charge in [-0.1, -0.05) is 23.4 Å². The van der Waals surface area contributed by atoms with Gasteiger partial charge < -0.3 is 10.1 Å². The van der Waals surface area contributed by atoms with E-state index in [1.165, 1.54) is 0 Å². The van der Waals surface area contributed by atoms with Crippen LogP contribution in [0.4, 0.5) is 5.69 Å². The fourth-order valence-corrected chi connectivity index (χ4v) is 2.17. The highest BCUT2D eigenvalue weighted by molar-refractivity contribution is 6.06. The molecule has 0 aliphatic carbocycles. The van der Waals surface area contributed by atoms with Crippen LogP contribution in [0.1, 0.15) is 24.8 Å². The van der Waals surface area contributed by atoms with E-state index in [9.17, 15) is 0 Å². The second-order valence-electron chi connectivity index (χ2n) is 4.06. The summed E-state index contributed by atoms with van der Waals surface area (Å²) < 4.78 is 0. The molecule has 2 rings (SSSR count). The molecule has 1 heterocycles. The second kappa shape index (κ2) is 5.35. The van der Waals surface area contributed by atoms with E-state index in [1.807, 2.05) is 24.3 Å². The number of para-hydroxylation sites is 1. The molecule has 17 heavy (non-hydrogen) atoms. The molecular weight excluding hydrogens is 214 g/mol. The standard InChI is InChI=1S/C13H15N3O/c14-8-3-4-9-16-10-7-12(15-17)11-5-1-2-6-13(11)16/h1-2,5-6,17H,3-4,7,9-10H2. The lowest BCUT2D eigenvalue weighted by atomic mass is 9.99. The first-order valence-electron chi connectivity index (χ1n) is 5.79. The maximum atomic E-state index is 8.96. The van der Waals surface area contributed by atoms with Gasteiger partial charge in [0.05, 0.1) is 11.8 Å². The Bertz CT molecular complexity index is 462. The Morgan fingerprint density at radius 3 is 3.00 bits per heavy atom. The van der Waals surface area contributed by atoms with Crippen LogP contribution in [-0.2, 0) is 0 Å². The van der Waals surface area contributed by atoms with Crippen molar-refractivity contribution in [3.05, 3.63) is 29.8 Å². The quantitative estimate of drug-likeness (QED) is 0.492. The average molecular weight is 229 g/mol. The molecule has 0 saturated heterocycles. The molecule has 1 aromatic carbocycles. The summed E-state index contributed by atoms with van der Waals surface area (Å²) in [4.78, 5) is 2.25. The summed E-state index contributed by atoms with van der Waals surface area (Å²) in [6.45, 7) is 1.73. The van der Waals surface area contributed by atoms with E-state index in [-0.39, 0.29) is 0 Å². The lowest BCUT2D eigenvalue weighted by Gasteiger charge is -2.31. The molecule has 1 aliphatic heterocycles. The Labute approximate surface area is 101 Å². The molecule has 88 valence electrons. The summed E-state index contributed by atoms with van der Waals surface area (Å²) in [5.74, 6) is 0. The number of rotatable bonds is 3. The minimum Gasteiger partial charge on any atom is -0.411 e. The van der Waals surface area contributed by atoms with Crippen molar-refractivity contribution in [2.75, 3.05) is 18.0 Å². The van der Waals surface area contributed by atoms with Crippen molar-refractivity contribution < 1.29 is 5.21 Å². The van der Waals surface area contributed by atoms with Crippen LogP contribution in [0.5, 0.6) is 0 Å². The van der Waals surface area contributed by atoms with Crippen molar-refractivity contribution in [3.63, 3.8) is 0 Å². The highest BCUT2D eigenvalue weighted by Gasteiger charge is 2.20. The van der Waals surface area contributed by atoms with Crippen molar-refractivity contribution >= 4 is 11.4 Å². The van der Waals surface area contributed by atoms with Crippen molar-refractivity contribution in [1.82, 2.24) is 0 Å². The molecule has 0 aromatic heterocycles. The first-order chi connectivity index (χ1) is 8.36. The number of oxime groups is 1. The number of hydrogen-bond donors (Lipinski definition) is 1. The van der Waals surface area contributed by atoms with E-state index in [1.54, 1.807) is 0 Å². The first-order valence-corrected chi connectivity index (χ1v) is 5.79. The number of fused-ring (bicyclic) bond motifs is 1. The highest BCUT2D eigenvalue weighted by atomic mass is 16.4. The van der Waals surface area contributed by atoms with Crippen LogP contribution >= 0.6 is 0 Å². The summed E-state index contributed by atoms with van der Waals surface area (Å²) in [5.41, 5.74) is 2.85. The zero-order chi connectivity index (χ0) is 12.1. The fourth-order valence-electron chi connectivity index (χ4n) is 2.17. The second-order valence-corrected chi connectivity index (χ2v) is 4.06. The maximum absolute atomic E-state index is 8.96. The van der Waals surface area contributed by atoms with Gasteiger partial charge in [0.15, 0.2) is 0 Å². The molecule has 0 fully saturated rings. The smallest absolute Gasteiger partial charge is 0.0906 e. The van der Waals surface area contributed by atoms with Crippen molar-refractivity contribution in [3.8, 4) is 6.07 Å². The van der Waals surface area contributed by atoms with E-state index >= 15 is 0 Å². The summed E-state index contributed by atoms with van der Waals surface area (Å²) in [6, 6.07) is 10.1. The molecule has 0 spiro atoms. The molecule has 0 atom stereocenters. The number of anilines is 1. The molecule has 4 nitrogen and oxygen atoms in total. The summed E-state index contributed by atoms with van der Waals surface area (Å²) in [6.07, 6.45) is 2.20. The monoisotopic (exact) mass is 229 g/mol. The first kappa shape index (κ1) is 11.5. The number of benzene rings is 1. The van der Waals surface area contributed by atoms with Gasteiger partial charge in [-0.3, -0.25) is 0 Å². The molecule has 0 radical (unpaired) electrons. The van der Waals surface area contributed by atoms with Crippen LogP contribution < -0.4 is 4.90 Å². The summed E-state index contributed by atoms with van der Waals surface area (Å²) >= 11 is 0. The van der Waals surface area contributed by atoms with Crippen LogP contribution in [0, 0.1) is 11.3 Å². The van der Waals surface area contributed by atoms with Crippen LogP contribution in [-0.4, -0.2) is 24.0 Å². The van der Waals surface area contributed by atoms with Gasteiger partial charge in [-0.25, -0.2) is 0 Å². The Hall–Kier alpha value is -2.02. The predicted molar refractivity (Wildman–Crippen MR) is 66.4 cm³/mol. The minimum atomic E-state index is 0.583. The summed E-state index contributed by atoms with van der Waals surface area (Å²) in [5, 5.41) is 20.9. The van der Waals surface area contributed by atoms with E-state index in [4.69, 9.17) is 10.5 Å². The van der Waals surface area contributed by atoms with Gasteiger partial charge in [0.2, 0.25) is 0 Å². The number of nitriles is 1. The zero-order valence-corrected chi connectivity index (χ0v) is 9.63. The molecule has 0 unspecified atom stereocenters. The third kappa shape index (κ3) is 2.39. The molecular formula is C13H15N3O. The van der Waals surface area contributed by atoms with Gasteiger partial charge in [-0.2, -0.15) is 5.26 Å². The normalized spacial score (nSPS) is 16.6. The Kier molecular flexibility index (Phi) is 3.61. The predicted octanol–water partition coefficient (Wildman–Crippen LogP) is 2.38. The Balaban J connectivity index is 2.20. The van der Waals surface area contributed by atoms with E-state index in [2.05, 4.69) is 16.1 Å². The molecule has 1 N–H and O–H groups in total. The maximum Gasteiger partial charge on any atom is 0.0906 e. The third-order valence-corrected chi connectivity index (χ3v) is 3.01. The minimum absolute atomic E-state index is 0.583. The molecule has 4 heteroatoms. The topological polar surface area (TPSA) is 59.6 Å². The molecule has 0 saturated carbocycles. The third-order valence-electron chi connectivity index (χ3n) is 3.01. The lowest BCUT2D eigenvalue weighted by Crippen LogP contribution is -2.33. The fraction of sp³-hybridized carbons (Fsp3) is 0.385. The lowest BCUT2D eigenvalue weighted by molar-refractivity contribution is 0.317. The number of nitrogens with zero attached hydrogens (tertiary/aromatic N) is 3. The van der Waals surface area contributed by atoms with Crippen molar-refractivity contribution in [2.45, 2.75) is 19.3 Å². The van der Waals surface area contributed by atoms with E-state index < -0.39 is 0 Å². The largest absolute Gasteiger partial charge is 0.411 e. The molecule has 1 aliphatic rings. The van der Waals surface area contributed by atoms with Gasteiger partial charge in [0.1, 0.15) is 0 Å². The Morgan fingerprint density at radius 2 is 2.24 bits per heavy atom. The molecule has 0 bridgehead atoms. The van der Waals surface area contributed by atoms with Gasteiger partial charge in [-0.05, 0) is 12.5 Å². The zero-order valence-electron chi connectivity index (χ0n) is 9.63. The van der Waals surface area contributed by atoms with Crippen LogP contribution in [0.2, 0.25) is 0 Å². The van der Waals surface area contributed by atoms with Crippen LogP contribution in [0.25, 0.3) is 0 Å². The van der Waals surface area contributed by atoms with Crippen LogP contribution in [0.15, 0.2) is 29.4 Å².